The fourth-order valence-corrected chi connectivity index (χ4v) is 6.04. The van der Waals surface area contributed by atoms with Gasteiger partial charge in [-0.3, -0.25) is 0 Å². The van der Waals surface area contributed by atoms with Gasteiger partial charge in [0.2, 0.25) is 0 Å². The zero-order chi connectivity index (χ0) is 35.5. The van der Waals surface area contributed by atoms with Gasteiger partial charge in [-0.15, -0.1) is 0 Å². The highest BCUT2D eigenvalue weighted by atomic mass is 32.2. The van der Waals surface area contributed by atoms with E-state index in [0.29, 0.717) is 6.07 Å². The summed E-state index contributed by atoms with van der Waals surface area (Å²) in [5.41, 5.74) is 0. The smallest absolute Gasteiger partial charge is 0.124 e. The van der Waals surface area contributed by atoms with Gasteiger partial charge in [-0.05, 0) is 43.9 Å². The molecule has 274 valence electrons. The minimum atomic E-state index is -4.74. The molecular weight excluding hydrogens is 621 g/mol. The fraction of sp³-hybridized carbons (Fsp3) is 0.833. The normalized spacial score (nSPS) is 12.2. The Balaban J connectivity index is 0. The van der Waals surface area contributed by atoms with E-state index in [1.54, 1.807) is 0 Å². The van der Waals surface area contributed by atoms with E-state index in [4.69, 9.17) is 0 Å². The van der Waals surface area contributed by atoms with Crippen LogP contribution in [0.3, 0.4) is 0 Å². The zero-order valence-electron chi connectivity index (χ0n) is 31.0. The third kappa shape index (κ3) is 34.3. The number of benzene rings is 1. The van der Waals surface area contributed by atoms with Crippen LogP contribution in [-0.4, -0.2) is 90.3 Å². The maximum Gasteiger partial charge on any atom is 0.124 e. The molecule has 0 aromatic heterocycles. The van der Waals surface area contributed by atoms with Crippen LogP contribution in [0.15, 0.2) is 34.1 Å². The highest BCUT2D eigenvalue weighted by molar-refractivity contribution is 7.86. The van der Waals surface area contributed by atoms with E-state index in [-0.39, 0.29) is 0 Å². The van der Waals surface area contributed by atoms with Crippen LogP contribution < -0.4 is 0 Å². The van der Waals surface area contributed by atoms with Crippen LogP contribution in [0.25, 0.3) is 0 Å². The maximum atomic E-state index is 10.5. The third-order valence-electron chi connectivity index (χ3n) is 7.75. The summed E-state index contributed by atoms with van der Waals surface area (Å²) in [4.78, 5) is -1.48. The van der Waals surface area contributed by atoms with Gasteiger partial charge >= 0.3 is 0 Å². The molecule has 0 N–H and O–H groups in total. The Morgan fingerprint density at radius 1 is 0.457 bits per heavy atom. The standard InChI is InChI=1S/2C15H34N.C6H6O6S2/c2*1-5-6-7-8-9-10-11-12-13-14-15-16(2,3)4;7-13(8,9)5-2-1-3-6(4-5)14(10,11)12/h2*5-15H2,1-4H3;1-4H,(H,7,8,9)(H,10,11,12)/q2*+1;/p-2. The second-order valence-electron chi connectivity index (χ2n) is 14.8. The molecule has 10 heteroatoms. The topological polar surface area (TPSA) is 114 Å². The third-order valence-corrected chi connectivity index (χ3v) is 9.41. The second kappa shape index (κ2) is 26.9. The van der Waals surface area contributed by atoms with Crippen molar-refractivity contribution >= 4 is 20.2 Å². The van der Waals surface area contributed by atoms with Crippen molar-refractivity contribution in [3.63, 3.8) is 0 Å². The Labute approximate surface area is 286 Å². The molecule has 0 aliphatic heterocycles. The average Bonchev–Trinajstić information content (AvgIpc) is 2.94. The lowest BCUT2D eigenvalue weighted by Crippen LogP contribution is -2.35. The fourth-order valence-electron chi connectivity index (χ4n) is 4.93. The molecular formula is C36H72N2O6S2. The minimum Gasteiger partial charge on any atom is -0.744 e. The van der Waals surface area contributed by atoms with Gasteiger partial charge in [0, 0.05) is 0 Å². The number of quaternary nitrogens is 2. The highest BCUT2D eigenvalue weighted by Crippen LogP contribution is 2.15. The van der Waals surface area contributed by atoms with E-state index in [0.717, 1.165) is 27.2 Å². The van der Waals surface area contributed by atoms with Crippen molar-refractivity contribution in [1.82, 2.24) is 0 Å². The van der Waals surface area contributed by atoms with E-state index < -0.39 is 30.0 Å². The summed E-state index contributed by atoms with van der Waals surface area (Å²) in [6.45, 7) is 7.23. The summed E-state index contributed by atoms with van der Waals surface area (Å²) in [6, 6.07) is 3.37. The van der Waals surface area contributed by atoms with Gasteiger partial charge in [0.15, 0.2) is 0 Å². The number of hydrogen-bond acceptors (Lipinski definition) is 6. The Morgan fingerprint density at radius 2 is 0.696 bits per heavy atom. The number of rotatable bonds is 24. The monoisotopic (exact) mass is 692 g/mol. The van der Waals surface area contributed by atoms with Crippen molar-refractivity contribution < 1.29 is 34.9 Å². The van der Waals surface area contributed by atoms with E-state index in [9.17, 15) is 25.9 Å². The van der Waals surface area contributed by atoms with Crippen molar-refractivity contribution in [2.45, 2.75) is 152 Å². The molecule has 0 heterocycles. The SMILES string of the molecule is CCCCCCCCCCCC[N+](C)(C)C.CCCCCCCCCCCC[N+](C)(C)C.O=S(=O)([O-])c1cccc(S(=O)(=O)[O-])c1. The van der Waals surface area contributed by atoms with Gasteiger partial charge in [0.1, 0.15) is 20.2 Å². The van der Waals surface area contributed by atoms with Crippen LogP contribution in [0.1, 0.15) is 142 Å². The molecule has 1 aromatic rings. The largest absolute Gasteiger partial charge is 0.744 e. The quantitative estimate of drug-likeness (QED) is 0.0608. The van der Waals surface area contributed by atoms with Gasteiger partial charge in [-0.25, -0.2) is 16.8 Å². The van der Waals surface area contributed by atoms with E-state index in [1.165, 1.54) is 142 Å². The minimum absolute atomic E-state index is 0.532. The molecule has 0 bridgehead atoms. The summed E-state index contributed by atoms with van der Waals surface area (Å²) in [5.74, 6) is 0. The Morgan fingerprint density at radius 3 is 0.913 bits per heavy atom. The summed E-state index contributed by atoms with van der Waals surface area (Å²) in [5, 5.41) is 0. The predicted octanol–water partition coefficient (Wildman–Crippen LogP) is 8.72. The molecule has 1 rings (SSSR count). The van der Waals surface area contributed by atoms with E-state index >= 15 is 0 Å². The van der Waals surface area contributed by atoms with Crippen LogP contribution in [0.5, 0.6) is 0 Å². The molecule has 0 amide bonds. The number of hydrogen-bond donors (Lipinski definition) is 0. The number of unbranched alkanes of at least 4 members (excludes halogenated alkanes) is 18. The summed E-state index contributed by atoms with van der Waals surface area (Å²) in [6.07, 6.45) is 28.8. The predicted molar refractivity (Wildman–Crippen MR) is 192 cm³/mol. The molecule has 0 saturated carbocycles. The maximum absolute atomic E-state index is 10.5. The highest BCUT2D eigenvalue weighted by Gasteiger charge is 2.07. The molecule has 0 fully saturated rings. The van der Waals surface area contributed by atoms with Crippen molar-refractivity contribution in [2.24, 2.45) is 0 Å². The van der Waals surface area contributed by atoms with Gasteiger partial charge in [0.25, 0.3) is 0 Å². The van der Waals surface area contributed by atoms with Crippen LogP contribution in [0.2, 0.25) is 0 Å². The molecule has 0 unspecified atom stereocenters. The molecule has 46 heavy (non-hydrogen) atoms. The number of nitrogens with zero attached hydrogens (tertiary/aromatic N) is 2. The first kappa shape index (κ1) is 47.1. The molecule has 1 aromatic carbocycles. The Hall–Kier alpha value is -1.04. The molecule has 0 spiro atoms. The van der Waals surface area contributed by atoms with E-state index in [2.05, 4.69) is 56.1 Å². The van der Waals surface area contributed by atoms with Crippen LogP contribution in [0.4, 0.5) is 0 Å². The van der Waals surface area contributed by atoms with Gasteiger partial charge in [-0.2, -0.15) is 0 Å². The summed E-state index contributed by atoms with van der Waals surface area (Å²) < 4.78 is 65.0. The first-order chi connectivity index (χ1) is 21.3. The summed E-state index contributed by atoms with van der Waals surface area (Å²) >= 11 is 0. The Kier molecular flexibility index (Phi) is 27.5. The van der Waals surface area contributed by atoms with Crippen molar-refractivity contribution in [3.05, 3.63) is 24.3 Å². The van der Waals surface area contributed by atoms with Gasteiger partial charge < -0.3 is 18.1 Å². The molecule has 8 nitrogen and oxygen atoms in total. The molecule has 0 saturated heterocycles. The lowest BCUT2D eigenvalue weighted by atomic mass is 10.1. The van der Waals surface area contributed by atoms with Crippen LogP contribution in [0, 0.1) is 0 Å². The molecule has 0 aliphatic rings. The first-order valence-corrected chi connectivity index (χ1v) is 20.8. The van der Waals surface area contributed by atoms with Gasteiger partial charge in [-0.1, -0.05) is 123 Å². The van der Waals surface area contributed by atoms with Crippen LogP contribution in [-0.2, 0) is 20.2 Å². The second-order valence-corrected chi connectivity index (χ2v) is 17.5. The summed E-state index contributed by atoms with van der Waals surface area (Å²) in [7, 11) is 4.23. The zero-order valence-corrected chi connectivity index (χ0v) is 32.7. The molecule has 0 aliphatic carbocycles. The molecule has 0 radical (unpaired) electrons. The van der Waals surface area contributed by atoms with Crippen molar-refractivity contribution in [3.8, 4) is 0 Å². The van der Waals surface area contributed by atoms with Gasteiger partial charge in [0.05, 0.1) is 65.2 Å². The lowest BCUT2D eigenvalue weighted by Gasteiger charge is -2.23. The van der Waals surface area contributed by atoms with Crippen molar-refractivity contribution in [1.29, 1.82) is 0 Å². The van der Waals surface area contributed by atoms with E-state index in [1.807, 2.05) is 0 Å². The average molecular weight is 693 g/mol. The first-order valence-electron chi connectivity index (χ1n) is 18.0. The van der Waals surface area contributed by atoms with Crippen molar-refractivity contribution in [2.75, 3.05) is 55.4 Å². The Bertz CT molecular complexity index is 981. The molecule has 0 atom stereocenters. The van der Waals surface area contributed by atoms with Crippen LogP contribution >= 0.6 is 0 Å². The lowest BCUT2D eigenvalue weighted by molar-refractivity contribution is -0.870.